The second kappa shape index (κ2) is 11.2. The monoisotopic (exact) mass is 497 g/mol. The van der Waals surface area contributed by atoms with Gasteiger partial charge in [0.15, 0.2) is 5.78 Å². The van der Waals surface area contributed by atoms with Crippen molar-refractivity contribution in [1.29, 1.82) is 0 Å². The zero-order valence-electron chi connectivity index (χ0n) is 22.1. The van der Waals surface area contributed by atoms with Gasteiger partial charge < -0.3 is 14.8 Å². The number of amides is 1. The molecule has 3 atom stereocenters. The van der Waals surface area contributed by atoms with Crippen LogP contribution in [-0.2, 0) is 16.1 Å². The van der Waals surface area contributed by atoms with E-state index < -0.39 is 0 Å². The predicted octanol–water partition coefficient (Wildman–Crippen LogP) is 5.05. The molecule has 1 aromatic carbocycles. The van der Waals surface area contributed by atoms with E-state index in [2.05, 4.69) is 5.32 Å². The Labute approximate surface area is 213 Å². The van der Waals surface area contributed by atoms with Crippen molar-refractivity contribution in [2.24, 2.45) is 11.8 Å². The molecule has 1 aliphatic carbocycles. The third-order valence-corrected chi connectivity index (χ3v) is 8.50. The zero-order valence-corrected chi connectivity index (χ0v) is 22.1. The Hall–Kier alpha value is -2.54. The lowest BCUT2D eigenvalue weighted by atomic mass is 9.76. The van der Waals surface area contributed by atoms with Crippen LogP contribution in [0.3, 0.4) is 0 Å². The molecule has 1 saturated carbocycles. The molecule has 0 bridgehead atoms. The highest BCUT2D eigenvalue weighted by molar-refractivity contribution is 6.07. The van der Waals surface area contributed by atoms with Gasteiger partial charge in [-0.3, -0.25) is 14.4 Å². The fraction of sp³-hybridized carbons (Fsp3) is 0.621. The van der Waals surface area contributed by atoms with Crippen LogP contribution in [0.25, 0.3) is 10.9 Å². The molecule has 7 heteroatoms. The van der Waals surface area contributed by atoms with Crippen molar-refractivity contribution < 1.29 is 18.8 Å². The summed E-state index contributed by atoms with van der Waals surface area (Å²) in [4.78, 5) is 41.2. The number of halogens is 1. The number of hydrogen-bond donors (Lipinski definition) is 1. The number of benzene rings is 1. The summed E-state index contributed by atoms with van der Waals surface area (Å²) < 4.78 is 17.0. The molecule has 1 aromatic heterocycles. The molecule has 1 aliphatic heterocycles. The fourth-order valence-electron chi connectivity index (χ4n) is 6.18. The van der Waals surface area contributed by atoms with E-state index in [9.17, 15) is 14.4 Å². The van der Waals surface area contributed by atoms with Gasteiger partial charge in [-0.25, -0.2) is 4.39 Å². The number of aryl methyl sites for hydroxylation is 1. The largest absolute Gasteiger partial charge is 0.345 e. The Kier molecular flexibility index (Phi) is 8.28. The van der Waals surface area contributed by atoms with Crippen LogP contribution in [0.5, 0.6) is 0 Å². The topological polar surface area (TPSA) is 71.4 Å². The average Bonchev–Trinajstić information content (AvgIpc) is 3.49. The highest BCUT2D eigenvalue weighted by Gasteiger charge is 2.39. The fourth-order valence-corrected chi connectivity index (χ4v) is 6.18. The van der Waals surface area contributed by atoms with Gasteiger partial charge >= 0.3 is 0 Å². The second-order valence-corrected chi connectivity index (χ2v) is 10.9. The molecule has 1 N–H and O–H groups in total. The number of rotatable bonds is 9. The van der Waals surface area contributed by atoms with Gasteiger partial charge in [0.05, 0.1) is 11.6 Å². The number of carbonyl (C=O) groups excluding carboxylic acids is 3. The van der Waals surface area contributed by atoms with Crippen molar-refractivity contribution in [3.63, 3.8) is 0 Å². The molecule has 0 radical (unpaired) electrons. The lowest BCUT2D eigenvalue weighted by molar-refractivity contribution is -0.141. The van der Waals surface area contributed by atoms with E-state index in [0.717, 1.165) is 38.5 Å². The smallest absolute Gasteiger partial charge is 0.226 e. The molecule has 6 nitrogen and oxygen atoms in total. The zero-order chi connectivity index (χ0) is 26.0. The summed E-state index contributed by atoms with van der Waals surface area (Å²) in [5, 5.41) is 3.39. The van der Waals surface area contributed by atoms with Crippen LogP contribution in [0.15, 0.2) is 18.3 Å². The van der Waals surface area contributed by atoms with Crippen LogP contribution < -0.4 is 5.32 Å². The maximum Gasteiger partial charge on any atom is 0.226 e. The van der Waals surface area contributed by atoms with Crippen LogP contribution in [-0.4, -0.2) is 52.6 Å². The van der Waals surface area contributed by atoms with E-state index in [0.29, 0.717) is 35.1 Å². The minimum absolute atomic E-state index is 0.0415. The van der Waals surface area contributed by atoms with Gasteiger partial charge in [-0.2, -0.15) is 0 Å². The Morgan fingerprint density at radius 3 is 2.50 bits per heavy atom. The quantitative estimate of drug-likeness (QED) is 0.493. The normalized spacial score (nSPS) is 20.6. The van der Waals surface area contributed by atoms with Gasteiger partial charge in [-0.15, -0.1) is 0 Å². The lowest BCUT2D eigenvalue weighted by Gasteiger charge is -2.35. The van der Waals surface area contributed by atoms with Crippen LogP contribution in [0.1, 0.15) is 81.1 Å². The minimum atomic E-state index is -0.356. The molecule has 2 aliphatic rings. The van der Waals surface area contributed by atoms with Gasteiger partial charge in [0.2, 0.25) is 5.91 Å². The summed E-state index contributed by atoms with van der Waals surface area (Å²) in [6, 6.07) is 3.29. The summed E-state index contributed by atoms with van der Waals surface area (Å²) in [5.74, 6) is -0.392. The number of carbonyl (C=O) groups is 3. The Bertz CT molecular complexity index is 1130. The van der Waals surface area contributed by atoms with Crippen LogP contribution in [0, 0.1) is 24.6 Å². The van der Waals surface area contributed by atoms with Gasteiger partial charge in [-0.1, -0.05) is 25.3 Å². The summed E-state index contributed by atoms with van der Waals surface area (Å²) in [6.07, 6.45) is 9.20. The van der Waals surface area contributed by atoms with Crippen molar-refractivity contribution in [2.75, 3.05) is 13.6 Å². The number of likely N-dealkylation sites (tertiary alicyclic amines) is 1. The Morgan fingerprint density at radius 2 is 1.83 bits per heavy atom. The number of nitrogens with zero attached hydrogens (tertiary/aromatic N) is 2. The molecule has 2 heterocycles. The summed E-state index contributed by atoms with van der Waals surface area (Å²) in [5.41, 5.74) is 1.58. The van der Waals surface area contributed by atoms with Gasteiger partial charge in [-0.05, 0) is 71.0 Å². The lowest BCUT2D eigenvalue weighted by Crippen LogP contribution is -2.45. The van der Waals surface area contributed by atoms with E-state index >= 15 is 4.39 Å². The second-order valence-electron chi connectivity index (χ2n) is 10.9. The van der Waals surface area contributed by atoms with Crippen molar-refractivity contribution in [2.45, 2.75) is 90.8 Å². The molecule has 36 heavy (non-hydrogen) atoms. The standard InChI is InChI=1S/C29H40FN3O3/c1-18-12-13-25-27(28(18)30)24(20(3)34)17-32(25)16-22-11-8-14-33(22)29(36)23(15-26(35)19(2)31-4)21-9-6-5-7-10-21/h12-13,17,19,21-23,31H,5-11,14-16H2,1-4H3/t19-,22-,23-/m0/s1. The van der Waals surface area contributed by atoms with Crippen molar-refractivity contribution in [1.82, 2.24) is 14.8 Å². The van der Waals surface area contributed by atoms with E-state index in [1.54, 1.807) is 26.2 Å². The molecular formula is C29H40FN3O3. The molecule has 0 spiro atoms. The molecular weight excluding hydrogens is 457 g/mol. The highest BCUT2D eigenvalue weighted by Crippen LogP contribution is 2.36. The first-order chi connectivity index (χ1) is 17.2. The van der Waals surface area contributed by atoms with E-state index in [4.69, 9.17) is 0 Å². The van der Waals surface area contributed by atoms with Crippen LogP contribution in [0.2, 0.25) is 0 Å². The highest BCUT2D eigenvalue weighted by atomic mass is 19.1. The molecule has 1 amide bonds. The molecule has 196 valence electrons. The van der Waals surface area contributed by atoms with Crippen molar-refractivity contribution >= 4 is 28.4 Å². The minimum Gasteiger partial charge on any atom is -0.345 e. The first kappa shape index (κ1) is 26.5. The molecule has 2 aromatic rings. The number of fused-ring (bicyclic) bond motifs is 1. The van der Waals surface area contributed by atoms with Crippen molar-refractivity contribution in [3.05, 3.63) is 35.3 Å². The van der Waals surface area contributed by atoms with Gasteiger partial charge in [0, 0.05) is 48.6 Å². The summed E-state index contributed by atoms with van der Waals surface area (Å²) in [6.45, 7) is 6.21. The SMILES string of the molecule is CN[C@@H](C)C(=O)C[C@H](C(=O)N1CCC[C@H]1Cn1cc(C(C)=O)c2c(F)c(C)ccc21)C1CCCCC1. The molecule has 2 fully saturated rings. The summed E-state index contributed by atoms with van der Waals surface area (Å²) in [7, 11) is 1.78. The van der Waals surface area contributed by atoms with E-state index in [-0.39, 0.29) is 53.6 Å². The Morgan fingerprint density at radius 1 is 1.11 bits per heavy atom. The summed E-state index contributed by atoms with van der Waals surface area (Å²) >= 11 is 0. The van der Waals surface area contributed by atoms with Crippen LogP contribution in [0.4, 0.5) is 4.39 Å². The number of likely N-dealkylation sites (N-methyl/N-ethyl adjacent to an activating group) is 1. The number of hydrogen-bond acceptors (Lipinski definition) is 4. The first-order valence-corrected chi connectivity index (χ1v) is 13.5. The average molecular weight is 498 g/mol. The van der Waals surface area contributed by atoms with Crippen LogP contribution >= 0.6 is 0 Å². The predicted molar refractivity (Wildman–Crippen MR) is 140 cm³/mol. The van der Waals surface area contributed by atoms with E-state index in [1.807, 2.05) is 22.5 Å². The molecule has 4 rings (SSSR count). The van der Waals surface area contributed by atoms with E-state index in [1.165, 1.54) is 13.3 Å². The number of aromatic nitrogens is 1. The number of ketones is 2. The maximum absolute atomic E-state index is 15.0. The molecule has 1 saturated heterocycles. The van der Waals surface area contributed by atoms with Gasteiger partial charge in [0.25, 0.3) is 0 Å². The first-order valence-electron chi connectivity index (χ1n) is 13.5. The number of Topliss-reactive ketones (excluding diaryl/α,β-unsaturated/α-hetero) is 2. The Balaban J connectivity index is 1.61. The molecule has 0 unspecified atom stereocenters. The third kappa shape index (κ3) is 5.26. The number of nitrogens with one attached hydrogen (secondary N) is 1. The van der Waals surface area contributed by atoms with Gasteiger partial charge in [0.1, 0.15) is 11.6 Å². The van der Waals surface area contributed by atoms with Crippen molar-refractivity contribution in [3.8, 4) is 0 Å². The third-order valence-electron chi connectivity index (χ3n) is 8.50. The maximum atomic E-state index is 15.0.